The second-order valence-electron chi connectivity index (χ2n) is 9.38. The van der Waals surface area contributed by atoms with Crippen LogP contribution in [0.15, 0.2) is 91.3 Å². The van der Waals surface area contributed by atoms with Crippen molar-refractivity contribution in [3.63, 3.8) is 0 Å². The van der Waals surface area contributed by atoms with E-state index in [-0.39, 0.29) is 5.56 Å². The van der Waals surface area contributed by atoms with E-state index in [0.717, 1.165) is 22.4 Å². The number of rotatable bonds is 3. The Balaban J connectivity index is 1.60. The minimum Gasteiger partial charge on any atom is -0.308 e. The van der Waals surface area contributed by atoms with Gasteiger partial charge in [-0.2, -0.15) is 23.7 Å². The highest BCUT2D eigenvalue weighted by molar-refractivity contribution is 6.10. The number of hydrogen-bond donors (Lipinski definition) is 0. The molecule has 0 aliphatic carbocycles. The first-order valence-corrected chi connectivity index (χ1v) is 12.3. The SMILES string of the molecule is Cc1ccc(-c2ccc3c4ccccc4n(-c4ccc(-c5ncc(C#N)cn5)cc4C#N)c3c2)c(C(F)(F)F)c1. The molecule has 6 aromatic rings. The largest absolute Gasteiger partial charge is 0.417 e. The van der Waals surface area contributed by atoms with Crippen LogP contribution < -0.4 is 0 Å². The molecule has 2 heterocycles. The van der Waals surface area contributed by atoms with E-state index in [1.54, 1.807) is 43.3 Å². The van der Waals surface area contributed by atoms with Crippen LogP contribution >= 0.6 is 0 Å². The first-order valence-electron chi connectivity index (χ1n) is 12.3. The fraction of sp³-hybridized carbons (Fsp3) is 0.0625. The van der Waals surface area contributed by atoms with Gasteiger partial charge in [-0.1, -0.05) is 48.0 Å². The van der Waals surface area contributed by atoms with Crippen molar-refractivity contribution in [3.05, 3.63) is 114 Å². The molecular weight excluding hydrogens is 511 g/mol. The summed E-state index contributed by atoms with van der Waals surface area (Å²) in [6.45, 7) is 1.64. The van der Waals surface area contributed by atoms with Crippen molar-refractivity contribution in [1.82, 2.24) is 14.5 Å². The summed E-state index contributed by atoms with van der Waals surface area (Å²) in [7, 11) is 0. The molecule has 0 unspecified atom stereocenters. The van der Waals surface area contributed by atoms with Crippen LogP contribution in [-0.2, 0) is 6.18 Å². The molecule has 0 amide bonds. The van der Waals surface area contributed by atoms with E-state index in [0.29, 0.717) is 44.8 Å². The highest BCUT2D eigenvalue weighted by Gasteiger charge is 2.34. The van der Waals surface area contributed by atoms with Crippen molar-refractivity contribution in [1.29, 1.82) is 10.5 Å². The maximum absolute atomic E-state index is 14.0. The maximum Gasteiger partial charge on any atom is 0.417 e. The van der Waals surface area contributed by atoms with Crippen LogP contribution in [-0.4, -0.2) is 14.5 Å². The Labute approximate surface area is 227 Å². The molecular formula is C32H18F3N5. The number of para-hydroxylation sites is 1. The highest BCUT2D eigenvalue weighted by Crippen LogP contribution is 2.40. The molecule has 0 saturated carbocycles. The Morgan fingerprint density at radius 1 is 0.750 bits per heavy atom. The van der Waals surface area contributed by atoms with Gasteiger partial charge in [-0.25, -0.2) is 9.97 Å². The zero-order chi connectivity index (χ0) is 28.0. The quantitative estimate of drug-likeness (QED) is 0.233. The van der Waals surface area contributed by atoms with Crippen LogP contribution in [0.2, 0.25) is 0 Å². The zero-order valence-electron chi connectivity index (χ0n) is 21.0. The van der Waals surface area contributed by atoms with Gasteiger partial charge in [-0.3, -0.25) is 0 Å². The second-order valence-corrected chi connectivity index (χ2v) is 9.38. The topological polar surface area (TPSA) is 78.3 Å². The van der Waals surface area contributed by atoms with E-state index in [2.05, 4.69) is 16.0 Å². The number of aromatic nitrogens is 3. The van der Waals surface area contributed by atoms with Gasteiger partial charge in [0.15, 0.2) is 5.82 Å². The van der Waals surface area contributed by atoms with E-state index in [1.165, 1.54) is 18.5 Å². The molecule has 0 aliphatic heterocycles. The standard InChI is InChI=1S/C32H18F3N5/c1-19-6-9-24(27(12-19)32(33,34)35)21-7-10-26-25-4-2-3-5-29(25)40(30(26)14-21)28-11-8-22(13-23(28)16-37)31-38-17-20(15-36)18-39-31/h2-14,17-18H,1H3. The van der Waals surface area contributed by atoms with Crippen molar-refractivity contribution in [2.24, 2.45) is 0 Å². The zero-order valence-corrected chi connectivity index (χ0v) is 21.0. The van der Waals surface area contributed by atoms with Crippen LogP contribution in [0.3, 0.4) is 0 Å². The Bertz CT molecular complexity index is 2020. The van der Waals surface area contributed by atoms with Crippen molar-refractivity contribution in [2.45, 2.75) is 13.1 Å². The molecule has 0 fully saturated rings. The summed E-state index contributed by atoms with van der Waals surface area (Å²) < 4.78 is 43.9. The number of fused-ring (bicyclic) bond motifs is 3. The molecule has 0 bridgehead atoms. The Morgan fingerprint density at radius 2 is 1.48 bits per heavy atom. The number of aryl methyl sites for hydroxylation is 1. The van der Waals surface area contributed by atoms with E-state index < -0.39 is 11.7 Å². The average Bonchev–Trinajstić information content (AvgIpc) is 3.30. The van der Waals surface area contributed by atoms with Crippen LogP contribution in [0.5, 0.6) is 0 Å². The molecule has 0 spiro atoms. The van der Waals surface area contributed by atoms with E-state index >= 15 is 0 Å². The minimum atomic E-state index is -4.51. The van der Waals surface area contributed by atoms with Gasteiger partial charge in [-0.05, 0) is 54.4 Å². The van der Waals surface area contributed by atoms with E-state index in [4.69, 9.17) is 5.26 Å². The third-order valence-electron chi connectivity index (χ3n) is 6.86. The summed E-state index contributed by atoms with van der Waals surface area (Å²) in [5.41, 5.74) is 3.66. The molecule has 5 nitrogen and oxygen atoms in total. The molecule has 4 aromatic carbocycles. The molecule has 6 rings (SSSR count). The fourth-order valence-corrected chi connectivity index (χ4v) is 5.04. The predicted molar refractivity (Wildman–Crippen MR) is 146 cm³/mol. The third kappa shape index (κ3) is 4.13. The molecule has 192 valence electrons. The lowest BCUT2D eigenvalue weighted by atomic mass is 9.96. The predicted octanol–water partition coefficient (Wildman–Crippen LogP) is 7.98. The monoisotopic (exact) mass is 529 g/mol. The van der Waals surface area contributed by atoms with Gasteiger partial charge in [-0.15, -0.1) is 0 Å². The van der Waals surface area contributed by atoms with E-state index in [1.807, 2.05) is 41.0 Å². The van der Waals surface area contributed by atoms with Crippen molar-refractivity contribution < 1.29 is 13.2 Å². The maximum atomic E-state index is 14.0. The molecule has 0 N–H and O–H groups in total. The van der Waals surface area contributed by atoms with Crippen molar-refractivity contribution in [3.8, 4) is 40.3 Å². The van der Waals surface area contributed by atoms with Crippen LogP contribution in [0, 0.1) is 29.6 Å². The summed E-state index contributed by atoms with van der Waals surface area (Å²) in [6, 6.07) is 26.7. The van der Waals surface area contributed by atoms with E-state index in [9.17, 15) is 18.4 Å². The Hall–Kier alpha value is -5.47. The Morgan fingerprint density at radius 3 is 2.20 bits per heavy atom. The summed E-state index contributed by atoms with van der Waals surface area (Å²) in [6.07, 6.45) is -1.69. The van der Waals surface area contributed by atoms with Crippen molar-refractivity contribution in [2.75, 3.05) is 0 Å². The lowest BCUT2D eigenvalue weighted by molar-refractivity contribution is -0.137. The van der Waals surface area contributed by atoms with Gasteiger partial charge in [0.25, 0.3) is 0 Å². The van der Waals surface area contributed by atoms with Gasteiger partial charge in [0.05, 0.1) is 33.4 Å². The van der Waals surface area contributed by atoms with Gasteiger partial charge in [0.1, 0.15) is 12.1 Å². The summed E-state index contributed by atoms with van der Waals surface area (Å²) in [5, 5.41) is 20.9. The molecule has 0 saturated heterocycles. The summed E-state index contributed by atoms with van der Waals surface area (Å²) in [5.74, 6) is 0.366. The van der Waals surface area contributed by atoms with Crippen LogP contribution in [0.4, 0.5) is 13.2 Å². The highest BCUT2D eigenvalue weighted by atomic mass is 19.4. The first-order chi connectivity index (χ1) is 19.3. The smallest absolute Gasteiger partial charge is 0.308 e. The fourth-order valence-electron chi connectivity index (χ4n) is 5.04. The molecule has 2 aromatic heterocycles. The molecule has 40 heavy (non-hydrogen) atoms. The van der Waals surface area contributed by atoms with Gasteiger partial charge in [0.2, 0.25) is 0 Å². The normalized spacial score (nSPS) is 11.4. The third-order valence-corrected chi connectivity index (χ3v) is 6.86. The first kappa shape index (κ1) is 24.8. The van der Waals surface area contributed by atoms with Crippen LogP contribution in [0.1, 0.15) is 22.3 Å². The Kier molecular flexibility index (Phi) is 5.82. The van der Waals surface area contributed by atoms with Crippen molar-refractivity contribution >= 4 is 21.8 Å². The number of halogens is 3. The molecule has 0 radical (unpaired) electrons. The number of nitriles is 2. The lowest BCUT2D eigenvalue weighted by Crippen LogP contribution is -2.07. The van der Waals surface area contributed by atoms with Crippen LogP contribution in [0.25, 0.3) is 50.0 Å². The summed E-state index contributed by atoms with van der Waals surface area (Å²) in [4.78, 5) is 8.45. The molecule has 0 aliphatic rings. The molecule has 0 atom stereocenters. The number of nitrogens with zero attached hydrogens (tertiary/aromatic N) is 5. The lowest BCUT2D eigenvalue weighted by Gasteiger charge is -2.15. The van der Waals surface area contributed by atoms with Gasteiger partial charge < -0.3 is 4.57 Å². The second kappa shape index (κ2) is 9.37. The number of benzene rings is 4. The average molecular weight is 530 g/mol. The van der Waals surface area contributed by atoms with Gasteiger partial charge in [0, 0.05) is 28.7 Å². The molecule has 8 heteroatoms. The number of alkyl halides is 3. The number of hydrogen-bond acceptors (Lipinski definition) is 4. The minimum absolute atomic E-state index is 0.0885. The van der Waals surface area contributed by atoms with Gasteiger partial charge >= 0.3 is 6.18 Å². The summed E-state index contributed by atoms with van der Waals surface area (Å²) >= 11 is 0.